The molecule has 0 spiro atoms. The highest BCUT2D eigenvalue weighted by Gasteiger charge is 2.25. The van der Waals surface area contributed by atoms with Gasteiger partial charge in [0.05, 0.1) is 18.2 Å². The van der Waals surface area contributed by atoms with Gasteiger partial charge in [-0.05, 0) is 38.5 Å². The first-order valence-corrected chi connectivity index (χ1v) is 11.5. The van der Waals surface area contributed by atoms with Crippen molar-refractivity contribution in [2.24, 2.45) is 7.05 Å². The predicted octanol–water partition coefficient (Wildman–Crippen LogP) is 3.41. The summed E-state index contributed by atoms with van der Waals surface area (Å²) in [4.78, 5) is 24.5. The van der Waals surface area contributed by atoms with Crippen molar-refractivity contribution in [2.75, 3.05) is 30.4 Å². The van der Waals surface area contributed by atoms with Crippen LogP contribution >= 0.6 is 0 Å². The number of benzene rings is 2. The quantitative estimate of drug-likeness (QED) is 0.465. The number of carbonyl (C=O) groups excluding carboxylic acids is 1. The number of rotatable bonds is 4. The minimum absolute atomic E-state index is 0.171. The average Bonchev–Trinajstić information content (AvgIpc) is 3.23. The van der Waals surface area contributed by atoms with Crippen LogP contribution in [0.5, 0.6) is 6.01 Å². The number of methoxy groups -OCH3 is 1. The monoisotopic (exact) mass is 477 g/mol. The molecule has 0 saturated carbocycles. The van der Waals surface area contributed by atoms with E-state index in [1.54, 1.807) is 30.2 Å². The number of halogens is 1. The number of hydrogen-bond acceptors (Lipinski definition) is 7. The Hall–Kier alpha value is -3.79. The van der Waals surface area contributed by atoms with Crippen LogP contribution in [-0.2, 0) is 7.05 Å². The number of ether oxygens (including phenoxy) is 1. The maximum Gasteiger partial charge on any atom is 0.316 e. The fourth-order valence-electron chi connectivity index (χ4n) is 4.88. The van der Waals surface area contributed by atoms with Crippen LogP contribution in [0.15, 0.2) is 30.6 Å². The lowest BCUT2D eigenvalue weighted by Gasteiger charge is -2.38. The van der Waals surface area contributed by atoms with Gasteiger partial charge in [-0.25, -0.2) is 9.37 Å². The number of anilines is 2. The second-order valence-corrected chi connectivity index (χ2v) is 9.18. The standard InChI is InChI=1S/C25H28FN7O2/c1-13-10-33(11-14(2)28-13)21-7-6-16(22-17(21)9-27-25(30-22)35-5)24(34)29-20-8-19(26)23-18(15(20)3)12-32(4)31-23/h6-9,12-14,28H,10-11H2,1-5H3,(H,29,34). The Morgan fingerprint density at radius 2 is 1.94 bits per heavy atom. The van der Waals surface area contributed by atoms with Gasteiger partial charge in [0.2, 0.25) is 0 Å². The molecule has 1 amide bonds. The summed E-state index contributed by atoms with van der Waals surface area (Å²) in [5.41, 5.74) is 3.18. The molecule has 2 unspecified atom stereocenters. The molecular weight excluding hydrogens is 449 g/mol. The van der Waals surface area contributed by atoms with Crippen LogP contribution < -0.4 is 20.3 Å². The van der Waals surface area contributed by atoms with E-state index in [9.17, 15) is 9.18 Å². The minimum Gasteiger partial charge on any atom is -0.467 e. The van der Waals surface area contributed by atoms with Crippen LogP contribution in [-0.4, -0.2) is 57.9 Å². The van der Waals surface area contributed by atoms with Crippen LogP contribution in [0, 0.1) is 12.7 Å². The third-order valence-corrected chi connectivity index (χ3v) is 6.41. The summed E-state index contributed by atoms with van der Waals surface area (Å²) in [6.45, 7) is 7.76. The van der Waals surface area contributed by atoms with Crippen LogP contribution in [0.4, 0.5) is 15.8 Å². The summed E-state index contributed by atoms with van der Waals surface area (Å²) < 4.78 is 21.5. The molecule has 2 N–H and O–H groups in total. The Balaban J connectivity index is 1.57. The summed E-state index contributed by atoms with van der Waals surface area (Å²) in [7, 11) is 3.22. The van der Waals surface area contributed by atoms with Gasteiger partial charge in [0, 0.05) is 72.8 Å². The Kier molecular flexibility index (Phi) is 5.76. The van der Waals surface area contributed by atoms with Gasteiger partial charge in [0.25, 0.3) is 5.91 Å². The summed E-state index contributed by atoms with van der Waals surface area (Å²) >= 11 is 0. The van der Waals surface area contributed by atoms with Crippen LogP contribution in [0.2, 0.25) is 0 Å². The molecule has 1 aliphatic rings. The summed E-state index contributed by atoms with van der Waals surface area (Å²) in [6, 6.07) is 5.79. The molecule has 0 radical (unpaired) electrons. The van der Waals surface area contributed by atoms with E-state index in [-0.39, 0.29) is 11.5 Å². The highest BCUT2D eigenvalue weighted by atomic mass is 19.1. The van der Waals surface area contributed by atoms with E-state index in [0.717, 1.165) is 29.7 Å². The highest BCUT2D eigenvalue weighted by Crippen LogP contribution is 2.32. The van der Waals surface area contributed by atoms with Gasteiger partial charge in [-0.15, -0.1) is 0 Å². The number of carbonyl (C=O) groups is 1. The summed E-state index contributed by atoms with van der Waals surface area (Å²) in [5, 5.41) is 12.0. The van der Waals surface area contributed by atoms with E-state index < -0.39 is 11.7 Å². The van der Waals surface area contributed by atoms with E-state index in [0.29, 0.717) is 34.2 Å². The van der Waals surface area contributed by atoms with Crippen LogP contribution in [0.3, 0.4) is 0 Å². The number of aromatic nitrogens is 4. The first-order chi connectivity index (χ1) is 16.7. The van der Waals surface area contributed by atoms with E-state index in [4.69, 9.17) is 4.74 Å². The molecule has 1 saturated heterocycles. The van der Waals surface area contributed by atoms with Gasteiger partial charge < -0.3 is 20.3 Å². The maximum absolute atomic E-state index is 14.7. The van der Waals surface area contributed by atoms with Gasteiger partial charge in [0.15, 0.2) is 5.82 Å². The molecule has 0 aliphatic carbocycles. The number of amides is 1. The maximum atomic E-state index is 14.7. The average molecular weight is 478 g/mol. The number of aryl methyl sites for hydroxylation is 2. The number of fused-ring (bicyclic) bond motifs is 2. The lowest BCUT2D eigenvalue weighted by molar-refractivity contribution is 0.102. The van der Waals surface area contributed by atoms with Crippen LogP contribution in [0.25, 0.3) is 21.8 Å². The Morgan fingerprint density at radius 3 is 2.66 bits per heavy atom. The first kappa shape index (κ1) is 23.0. The SMILES string of the molecule is COc1ncc2c(N3CC(C)NC(C)C3)ccc(C(=O)Nc3cc(F)c4nn(C)cc4c3C)c2n1. The van der Waals surface area contributed by atoms with E-state index in [1.807, 2.05) is 13.0 Å². The topological polar surface area (TPSA) is 97.2 Å². The second kappa shape index (κ2) is 8.77. The lowest BCUT2D eigenvalue weighted by Crippen LogP contribution is -2.54. The van der Waals surface area contributed by atoms with Gasteiger partial charge in [-0.3, -0.25) is 9.48 Å². The van der Waals surface area contributed by atoms with Crippen molar-refractivity contribution in [3.8, 4) is 6.01 Å². The third kappa shape index (κ3) is 4.14. The smallest absolute Gasteiger partial charge is 0.316 e. The molecule has 182 valence electrons. The van der Waals surface area contributed by atoms with Crippen molar-refractivity contribution in [1.82, 2.24) is 25.1 Å². The van der Waals surface area contributed by atoms with Gasteiger partial charge in [-0.1, -0.05) is 0 Å². The third-order valence-electron chi connectivity index (χ3n) is 6.41. The molecule has 5 rings (SSSR count). The molecule has 3 heterocycles. The molecule has 0 bridgehead atoms. The molecule has 1 aliphatic heterocycles. The molecule has 10 heteroatoms. The number of hydrogen-bond donors (Lipinski definition) is 2. The normalized spacial score (nSPS) is 18.3. The second-order valence-electron chi connectivity index (χ2n) is 9.18. The number of piperazine rings is 1. The van der Waals surface area contributed by atoms with E-state index in [2.05, 4.69) is 44.4 Å². The van der Waals surface area contributed by atoms with Crippen molar-refractivity contribution in [1.29, 1.82) is 0 Å². The fraction of sp³-hybridized carbons (Fsp3) is 0.360. The molecule has 2 aromatic heterocycles. The number of nitrogens with one attached hydrogen (secondary N) is 2. The van der Waals surface area contributed by atoms with Crippen molar-refractivity contribution in [3.05, 3.63) is 47.5 Å². The van der Waals surface area contributed by atoms with Gasteiger partial charge in [-0.2, -0.15) is 10.1 Å². The Labute approximate surface area is 202 Å². The van der Waals surface area contributed by atoms with Crippen molar-refractivity contribution < 1.29 is 13.9 Å². The van der Waals surface area contributed by atoms with Gasteiger partial charge in [0.1, 0.15) is 5.52 Å². The summed E-state index contributed by atoms with van der Waals surface area (Å²) in [5.74, 6) is -0.886. The zero-order valence-corrected chi connectivity index (χ0v) is 20.4. The molecule has 2 atom stereocenters. The first-order valence-electron chi connectivity index (χ1n) is 11.5. The van der Waals surface area contributed by atoms with Crippen molar-refractivity contribution in [2.45, 2.75) is 32.9 Å². The number of nitrogens with zero attached hydrogens (tertiary/aromatic N) is 5. The van der Waals surface area contributed by atoms with Crippen molar-refractivity contribution in [3.63, 3.8) is 0 Å². The summed E-state index contributed by atoms with van der Waals surface area (Å²) in [6.07, 6.45) is 3.43. The largest absolute Gasteiger partial charge is 0.467 e. The van der Waals surface area contributed by atoms with Crippen LogP contribution in [0.1, 0.15) is 29.8 Å². The van der Waals surface area contributed by atoms with Gasteiger partial charge >= 0.3 is 6.01 Å². The lowest BCUT2D eigenvalue weighted by atomic mass is 10.0. The Bertz CT molecular complexity index is 1440. The van der Waals surface area contributed by atoms with E-state index in [1.165, 1.54) is 13.2 Å². The molecule has 35 heavy (non-hydrogen) atoms. The molecular formula is C25H28FN7O2. The zero-order valence-electron chi connectivity index (χ0n) is 20.4. The molecule has 2 aromatic carbocycles. The molecule has 4 aromatic rings. The molecule has 1 fully saturated rings. The molecule has 9 nitrogen and oxygen atoms in total. The van der Waals surface area contributed by atoms with E-state index >= 15 is 0 Å². The minimum atomic E-state index is -0.493. The highest BCUT2D eigenvalue weighted by molar-refractivity contribution is 6.14. The fourth-order valence-corrected chi connectivity index (χ4v) is 4.88. The predicted molar refractivity (Wildman–Crippen MR) is 134 cm³/mol. The zero-order chi connectivity index (χ0) is 24.9. The van der Waals surface area contributed by atoms with Crippen molar-refractivity contribution >= 4 is 39.1 Å². The Morgan fingerprint density at radius 1 is 1.20 bits per heavy atom.